The summed E-state index contributed by atoms with van der Waals surface area (Å²) < 4.78 is 1.72. The van der Waals surface area contributed by atoms with E-state index in [0.29, 0.717) is 17.9 Å². The lowest BCUT2D eigenvalue weighted by Crippen LogP contribution is -2.28. The predicted molar refractivity (Wildman–Crippen MR) is 74.7 cm³/mol. The van der Waals surface area contributed by atoms with Gasteiger partial charge in [0.05, 0.1) is 5.69 Å². The van der Waals surface area contributed by atoms with Gasteiger partial charge in [0.2, 0.25) is 0 Å². The molecule has 1 heterocycles. The Bertz CT molecular complexity index is 590. The van der Waals surface area contributed by atoms with Crippen LogP contribution in [0.15, 0.2) is 30.5 Å². The number of benzene rings is 1. The molecule has 19 heavy (non-hydrogen) atoms. The van der Waals surface area contributed by atoms with Crippen LogP contribution < -0.4 is 16.4 Å². The van der Waals surface area contributed by atoms with Gasteiger partial charge in [-0.3, -0.25) is 4.68 Å². The summed E-state index contributed by atoms with van der Waals surface area (Å²) in [5.41, 5.74) is 8.82. The lowest BCUT2D eigenvalue weighted by atomic mass is 10.2. The number of nitrogens with one attached hydrogen (secondary N) is 2. The van der Waals surface area contributed by atoms with Gasteiger partial charge in [0, 0.05) is 36.7 Å². The van der Waals surface area contributed by atoms with E-state index in [2.05, 4.69) is 15.7 Å². The lowest BCUT2D eigenvalue weighted by molar-refractivity contribution is 0.251. The number of urea groups is 1. The minimum Gasteiger partial charge on any atom is -0.399 e. The molecule has 0 unspecified atom stereocenters. The number of anilines is 2. The number of nitrogen functional groups attached to an aromatic ring is 1. The first-order valence-corrected chi connectivity index (χ1v) is 5.94. The quantitative estimate of drug-likeness (QED) is 0.732. The van der Waals surface area contributed by atoms with Crippen LogP contribution >= 0.6 is 0 Å². The zero-order valence-electron chi connectivity index (χ0n) is 11.0. The van der Waals surface area contributed by atoms with Gasteiger partial charge in [-0.2, -0.15) is 5.10 Å². The highest BCUT2D eigenvalue weighted by Gasteiger charge is 2.06. The molecule has 0 spiro atoms. The third kappa shape index (κ3) is 3.48. The molecule has 2 rings (SSSR count). The van der Waals surface area contributed by atoms with Crippen molar-refractivity contribution in [3.63, 3.8) is 0 Å². The molecular formula is C13H17N5O. The number of carbonyl (C=O) groups is 1. The number of nitrogens with two attached hydrogens (primary N) is 1. The highest BCUT2D eigenvalue weighted by molar-refractivity contribution is 5.89. The molecule has 0 aliphatic heterocycles. The Labute approximate surface area is 111 Å². The Kier molecular flexibility index (Phi) is 3.70. The second kappa shape index (κ2) is 5.43. The van der Waals surface area contributed by atoms with Crippen molar-refractivity contribution in [1.82, 2.24) is 15.1 Å². The monoisotopic (exact) mass is 259 g/mol. The van der Waals surface area contributed by atoms with Gasteiger partial charge in [-0.05, 0) is 25.1 Å². The number of aromatic nitrogens is 2. The van der Waals surface area contributed by atoms with Gasteiger partial charge in [-0.15, -0.1) is 0 Å². The number of hydrogen-bond acceptors (Lipinski definition) is 3. The van der Waals surface area contributed by atoms with Gasteiger partial charge in [-0.25, -0.2) is 4.79 Å². The summed E-state index contributed by atoms with van der Waals surface area (Å²) in [5.74, 6) is 0. The Morgan fingerprint density at radius 3 is 2.89 bits per heavy atom. The van der Waals surface area contributed by atoms with Gasteiger partial charge < -0.3 is 16.4 Å². The fourth-order valence-corrected chi connectivity index (χ4v) is 1.79. The van der Waals surface area contributed by atoms with Crippen LogP contribution in [0, 0.1) is 6.92 Å². The van der Waals surface area contributed by atoms with E-state index in [1.54, 1.807) is 28.9 Å². The molecule has 6 nitrogen and oxygen atoms in total. The second-order valence-corrected chi connectivity index (χ2v) is 4.35. The number of amides is 2. The molecule has 2 aromatic rings. The first-order chi connectivity index (χ1) is 9.04. The highest BCUT2D eigenvalue weighted by Crippen LogP contribution is 2.11. The molecule has 0 bridgehead atoms. The molecule has 0 saturated carbocycles. The average molecular weight is 259 g/mol. The molecule has 0 aliphatic rings. The molecule has 1 aromatic carbocycles. The van der Waals surface area contributed by atoms with E-state index in [-0.39, 0.29) is 6.03 Å². The summed E-state index contributed by atoms with van der Waals surface area (Å²) in [6, 6.07) is 6.77. The van der Waals surface area contributed by atoms with Crippen molar-refractivity contribution in [1.29, 1.82) is 0 Å². The number of carbonyl (C=O) groups excluding carboxylic acids is 1. The van der Waals surface area contributed by atoms with Gasteiger partial charge in [-0.1, -0.05) is 6.07 Å². The lowest BCUT2D eigenvalue weighted by Gasteiger charge is -2.07. The van der Waals surface area contributed by atoms with Crippen molar-refractivity contribution in [2.75, 3.05) is 11.1 Å². The van der Waals surface area contributed by atoms with E-state index < -0.39 is 0 Å². The van der Waals surface area contributed by atoms with Crippen LogP contribution in [-0.4, -0.2) is 15.8 Å². The molecule has 0 atom stereocenters. The maximum atomic E-state index is 11.7. The summed E-state index contributed by atoms with van der Waals surface area (Å²) >= 11 is 0. The number of rotatable bonds is 3. The van der Waals surface area contributed by atoms with Crippen LogP contribution in [-0.2, 0) is 13.6 Å². The summed E-state index contributed by atoms with van der Waals surface area (Å²) in [5, 5.41) is 9.71. The molecule has 4 N–H and O–H groups in total. The zero-order chi connectivity index (χ0) is 13.8. The van der Waals surface area contributed by atoms with Crippen molar-refractivity contribution in [3.8, 4) is 0 Å². The molecule has 6 heteroatoms. The standard InChI is InChI=1S/C13H17N5O/c1-9-10(8-18(2)17-9)7-15-13(19)16-12-5-3-4-11(14)6-12/h3-6,8H,7,14H2,1-2H3,(H2,15,16,19). The fourth-order valence-electron chi connectivity index (χ4n) is 1.79. The maximum absolute atomic E-state index is 11.7. The van der Waals surface area contributed by atoms with E-state index in [1.165, 1.54) is 0 Å². The van der Waals surface area contributed by atoms with Gasteiger partial charge in [0.1, 0.15) is 0 Å². The van der Waals surface area contributed by atoms with E-state index in [0.717, 1.165) is 11.3 Å². The van der Waals surface area contributed by atoms with Crippen LogP contribution in [0.5, 0.6) is 0 Å². The summed E-state index contributed by atoms with van der Waals surface area (Å²) in [4.78, 5) is 11.7. The maximum Gasteiger partial charge on any atom is 0.319 e. The molecule has 100 valence electrons. The normalized spacial score (nSPS) is 10.2. The number of hydrogen-bond donors (Lipinski definition) is 3. The van der Waals surface area contributed by atoms with Crippen molar-refractivity contribution >= 4 is 17.4 Å². The second-order valence-electron chi connectivity index (χ2n) is 4.35. The van der Waals surface area contributed by atoms with Gasteiger partial charge >= 0.3 is 6.03 Å². The van der Waals surface area contributed by atoms with Crippen molar-refractivity contribution in [3.05, 3.63) is 41.7 Å². The van der Waals surface area contributed by atoms with Crippen molar-refractivity contribution < 1.29 is 4.79 Å². The third-order valence-electron chi connectivity index (χ3n) is 2.70. The van der Waals surface area contributed by atoms with Crippen molar-refractivity contribution in [2.24, 2.45) is 7.05 Å². The van der Waals surface area contributed by atoms with Crippen LogP contribution in [0.1, 0.15) is 11.3 Å². The Morgan fingerprint density at radius 1 is 1.47 bits per heavy atom. The molecule has 0 fully saturated rings. The molecule has 0 saturated heterocycles. The third-order valence-corrected chi connectivity index (χ3v) is 2.70. The van der Waals surface area contributed by atoms with Crippen LogP contribution in [0.2, 0.25) is 0 Å². The molecular weight excluding hydrogens is 242 g/mol. The molecule has 0 radical (unpaired) electrons. The highest BCUT2D eigenvalue weighted by atomic mass is 16.2. The predicted octanol–water partition coefficient (Wildman–Crippen LogP) is 1.63. The Morgan fingerprint density at radius 2 is 2.26 bits per heavy atom. The van der Waals surface area contributed by atoms with E-state index in [4.69, 9.17) is 5.73 Å². The Balaban J connectivity index is 1.90. The molecule has 1 aromatic heterocycles. The van der Waals surface area contributed by atoms with Crippen LogP contribution in [0.4, 0.5) is 16.2 Å². The average Bonchev–Trinajstić information content (AvgIpc) is 2.65. The van der Waals surface area contributed by atoms with E-state index in [1.807, 2.05) is 20.2 Å². The van der Waals surface area contributed by atoms with E-state index >= 15 is 0 Å². The smallest absolute Gasteiger partial charge is 0.319 e. The largest absolute Gasteiger partial charge is 0.399 e. The number of aryl methyl sites for hydroxylation is 2. The first-order valence-electron chi connectivity index (χ1n) is 5.94. The Hall–Kier alpha value is -2.50. The number of nitrogens with zero attached hydrogens (tertiary/aromatic N) is 2. The SMILES string of the molecule is Cc1nn(C)cc1CNC(=O)Nc1cccc(N)c1. The minimum absolute atomic E-state index is 0.270. The topological polar surface area (TPSA) is 85.0 Å². The van der Waals surface area contributed by atoms with Crippen LogP contribution in [0.3, 0.4) is 0 Å². The van der Waals surface area contributed by atoms with Gasteiger partial charge in [0.15, 0.2) is 0 Å². The first kappa shape index (κ1) is 12.9. The molecule has 0 aliphatic carbocycles. The van der Waals surface area contributed by atoms with Gasteiger partial charge in [0.25, 0.3) is 0 Å². The van der Waals surface area contributed by atoms with Crippen molar-refractivity contribution in [2.45, 2.75) is 13.5 Å². The van der Waals surface area contributed by atoms with Crippen LogP contribution in [0.25, 0.3) is 0 Å². The summed E-state index contributed by atoms with van der Waals surface area (Å²) in [6.45, 7) is 2.35. The molecule has 2 amide bonds. The zero-order valence-corrected chi connectivity index (χ0v) is 11.0. The minimum atomic E-state index is -0.270. The van der Waals surface area contributed by atoms with E-state index in [9.17, 15) is 4.79 Å². The fraction of sp³-hybridized carbons (Fsp3) is 0.231. The summed E-state index contributed by atoms with van der Waals surface area (Å²) in [7, 11) is 1.85. The summed E-state index contributed by atoms with van der Waals surface area (Å²) in [6.07, 6.45) is 1.89.